The minimum Gasteiger partial charge on any atom is -0.444 e. The summed E-state index contributed by atoms with van der Waals surface area (Å²) in [6.07, 6.45) is 0.922. The lowest BCUT2D eigenvalue weighted by molar-refractivity contribution is 0.0636. The summed E-state index contributed by atoms with van der Waals surface area (Å²) >= 11 is 6.08. The van der Waals surface area contributed by atoms with E-state index in [2.05, 4.69) is 10.3 Å². The van der Waals surface area contributed by atoms with E-state index >= 15 is 0 Å². The molecule has 1 rings (SSSR count). The van der Waals surface area contributed by atoms with Gasteiger partial charge in [-0.05, 0) is 45.4 Å². The average molecular weight is 297 g/mol. The summed E-state index contributed by atoms with van der Waals surface area (Å²) in [5.41, 5.74) is 0.615. The Kier molecular flexibility index (Phi) is 5.31. The van der Waals surface area contributed by atoms with Crippen LogP contribution in [-0.4, -0.2) is 17.8 Å². The number of nitrogens with one attached hydrogen (secondary N) is 1. The number of hydrogen-bond acceptors (Lipinski definition) is 4. The second-order valence-electron chi connectivity index (χ2n) is 5.26. The number of nitrogens with zero attached hydrogens (tertiary/aromatic N) is 1. The smallest absolute Gasteiger partial charge is 0.412 e. The van der Waals surface area contributed by atoms with Crippen LogP contribution in [0.15, 0.2) is 23.2 Å². The summed E-state index contributed by atoms with van der Waals surface area (Å²) in [5, 5.41) is 2.91. The molecule has 1 atom stereocenters. The maximum atomic E-state index is 11.6. The Morgan fingerprint density at radius 3 is 2.60 bits per heavy atom. The summed E-state index contributed by atoms with van der Waals surface area (Å²) in [7, 11) is 0. The minimum absolute atomic E-state index is 0.333. The molecule has 1 aromatic rings. The normalized spacial score (nSPS) is 12.2. The molecule has 1 unspecified atom stereocenters. The van der Waals surface area contributed by atoms with Gasteiger partial charge in [0.25, 0.3) is 0 Å². The molecule has 0 bridgehead atoms. The van der Waals surface area contributed by atoms with Crippen molar-refractivity contribution in [2.24, 2.45) is 4.99 Å². The molecule has 0 fully saturated rings. The topological polar surface area (TPSA) is 67.8 Å². The summed E-state index contributed by atoms with van der Waals surface area (Å²) in [5.74, 6) is 0. The van der Waals surface area contributed by atoms with Gasteiger partial charge in [-0.25, -0.2) is 9.59 Å². The number of rotatable bonds is 3. The first-order valence-electron chi connectivity index (χ1n) is 6.09. The predicted octanol–water partition coefficient (Wildman–Crippen LogP) is 4.08. The van der Waals surface area contributed by atoms with Crippen molar-refractivity contribution >= 4 is 29.5 Å². The number of benzene rings is 1. The van der Waals surface area contributed by atoms with E-state index in [1.165, 1.54) is 6.08 Å². The van der Waals surface area contributed by atoms with Crippen molar-refractivity contribution in [1.82, 2.24) is 0 Å². The van der Waals surface area contributed by atoms with Crippen LogP contribution in [0.25, 0.3) is 0 Å². The number of isocyanates is 1. The number of hydrogen-bond donors (Lipinski definition) is 1. The van der Waals surface area contributed by atoms with E-state index in [4.69, 9.17) is 16.3 Å². The summed E-state index contributed by atoms with van der Waals surface area (Å²) in [6, 6.07) is 4.67. The molecule has 0 aliphatic rings. The van der Waals surface area contributed by atoms with Gasteiger partial charge in [0, 0.05) is 0 Å². The number of amides is 1. The fraction of sp³-hybridized carbons (Fsp3) is 0.429. The van der Waals surface area contributed by atoms with Crippen molar-refractivity contribution in [2.75, 3.05) is 5.32 Å². The van der Waals surface area contributed by atoms with E-state index in [-0.39, 0.29) is 6.04 Å². The molecule has 108 valence electrons. The zero-order valence-electron chi connectivity index (χ0n) is 11.9. The molecule has 0 saturated carbocycles. The van der Waals surface area contributed by atoms with Gasteiger partial charge in [-0.3, -0.25) is 5.32 Å². The number of carbonyl (C=O) groups excluding carboxylic acids is 2. The van der Waals surface area contributed by atoms with E-state index in [0.717, 1.165) is 5.56 Å². The fourth-order valence-electron chi connectivity index (χ4n) is 1.46. The first-order valence-corrected chi connectivity index (χ1v) is 6.47. The third-order valence-electron chi connectivity index (χ3n) is 2.36. The number of aliphatic imine (C=N–C) groups is 1. The van der Waals surface area contributed by atoms with Gasteiger partial charge in [0.2, 0.25) is 6.08 Å². The van der Waals surface area contributed by atoms with Crippen LogP contribution in [0.4, 0.5) is 10.5 Å². The monoisotopic (exact) mass is 296 g/mol. The molecule has 0 saturated heterocycles. The Balaban J connectivity index is 2.83. The Hall–Kier alpha value is -1.84. The first-order chi connectivity index (χ1) is 9.23. The minimum atomic E-state index is -0.580. The highest BCUT2D eigenvalue weighted by atomic mass is 35.5. The highest BCUT2D eigenvalue weighted by molar-refractivity contribution is 6.33. The first kappa shape index (κ1) is 16.2. The number of ether oxygens (including phenoxy) is 1. The van der Waals surface area contributed by atoms with Gasteiger partial charge >= 0.3 is 6.09 Å². The molecule has 0 aliphatic heterocycles. The quantitative estimate of drug-likeness (QED) is 0.675. The molecule has 1 N–H and O–H groups in total. The molecular formula is C14H17ClN2O3. The Labute approximate surface area is 123 Å². The predicted molar refractivity (Wildman–Crippen MR) is 77.8 cm³/mol. The van der Waals surface area contributed by atoms with E-state index in [1.807, 2.05) is 0 Å². The fourth-order valence-corrected chi connectivity index (χ4v) is 1.70. The molecular weight excluding hydrogens is 280 g/mol. The second kappa shape index (κ2) is 6.55. The molecule has 20 heavy (non-hydrogen) atoms. The Bertz CT molecular complexity index is 546. The van der Waals surface area contributed by atoms with E-state index < -0.39 is 11.7 Å². The van der Waals surface area contributed by atoms with Crippen molar-refractivity contribution in [2.45, 2.75) is 39.3 Å². The van der Waals surface area contributed by atoms with Gasteiger partial charge in [-0.2, -0.15) is 4.99 Å². The Morgan fingerprint density at radius 2 is 2.10 bits per heavy atom. The second-order valence-corrected chi connectivity index (χ2v) is 5.67. The average Bonchev–Trinajstić information content (AvgIpc) is 2.29. The molecule has 0 aromatic heterocycles. The lowest BCUT2D eigenvalue weighted by atomic mass is 10.1. The lowest BCUT2D eigenvalue weighted by Crippen LogP contribution is -2.27. The van der Waals surface area contributed by atoms with Gasteiger partial charge in [-0.1, -0.05) is 17.7 Å². The Morgan fingerprint density at radius 1 is 1.45 bits per heavy atom. The SMILES string of the molecule is CC(N=C=O)c1ccc(NC(=O)OC(C)(C)C)c(Cl)c1. The van der Waals surface area contributed by atoms with Crippen LogP contribution in [0.3, 0.4) is 0 Å². The van der Waals surface area contributed by atoms with Gasteiger partial charge in [0.15, 0.2) is 0 Å². The maximum Gasteiger partial charge on any atom is 0.412 e. The van der Waals surface area contributed by atoms with Crippen LogP contribution in [0.5, 0.6) is 0 Å². The standard InChI is InChI=1S/C14H17ClN2O3/c1-9(16-8-18)10-5-6-12(11(15)7-10)17-13(19)20-14(2,3)4/h5-7,9H,1-4H3,(H,17,19). The van der Waals surface area contributed by atoms with Crippen molar-refractivity contribution in [1.29, 1.82) is 0 Å². The molecule has 1 amide bonds. The summed E-state index contributed by atoms with van der Waals surface area (Å²) in [6.45, 7) is 7.07. The van der Waals surface area contributed by atoms with Gasteiger partial charge in [0.05, 0.1) is 16.8 Å². The third kappa shape index (κ3) is 5.03. The van der Waals surface area contributed by atoms with Gasteiger partial charge < -0.3 is 4.74 Å². The van der Waals surface area contributed by atoms with Crippen LogP contribution in [0.1, 0.15) is 39.3 Å². The maximum absolute atomic E-state index is 11.6. The highest BCUT2D eigenvalue weighted by Crippen LogP contribution is 2.27. The molecule has 6 heteroatoms. The molecule has 0 heterocycles. The van der Waals surface area contributed by atoms with Crippen molar-refractivity contribution in [3.05, 3.63) is 28.8 Å². The highest BCUT2D eigenvalue weighted by Gasteiger charge is 2.17. The lowest BCUT2D eigenvalue weighted by Gasteiger charge is -2.20. The van der Waals surface area contributed by atoms with Crippen molar-refractivity contribution < 1.29 is 14.3 Å². The zero-order chi connectivity index (χ0) is 15.3. The van der Waals surface area contributed by atoms with Gasteiger partial charge in [-0.15, -0.1) is 0 Å². The van der Waals surface area contributed by atoms with Crippen molar-refractivity contribution in [3.63, 3.8) is 0 Å². The largest absolute Gasteiger partial charge is 0.444 e. The number of halogens is 1. The van der Waals surface area contributed by atoms with Crippen LogP contribution < -0.4 is 5.32 Å². The van der Waals surface area contributed by atoms with E-state index in [0.29, 0.717) is 10.7 Å². The molecule has 0 aliphatic carbocycles. The van der Waals surface area contributed by atoms with Crippen molar-refractivity contribution in [3.8, 4) is 0 Å². The summed E-state index contributed by atoms with van der Waals surface area (Å²) in [4.78, 5) is 25.5. The molecule has 0 radical (unpaired) electrons. The van der Waals surface area contributed by atoms with Crippen LogP contribution >= 0.6 is 11.6 Å². The van der Waals surface area contributed by atoms with Crippen LogP contribution in [0, 0.1) is 0 Å². The molecule has 0 spiro atoms. The van der Waals surface area contributed by atoms with Crippen LogP contribution in [0.2, 0.25) is 5.02 Å². The third-order valence-corrected chi connectivity index (χ3v) is 2.67. The number of anilines is 1. The summed E-state index contributed by atoms with van der Waals surface area (Å²) < 4.78 is 5.13. The van der Waals surface area contributed by atoms with E-state index in [9.17, 15) is 9.59 Å². The zero-order valence-corrected chi connectivity index (χ0v) is 12.6. The van der Waals surface area contributed by atoms with Crippen LogP contribution in [-0.2, 0) is 9.53 Å². The van der Waals surface area contributed by atoms with E-state index in [1.54, 1.807) is 45.9 Å². The number of carbonyl (C=O) groups is 1. The molecule has 1 aromatic carbocycles. The molecule has 5 nitrogen and oxygen atoms in total. The van der Waals surface area contributed by atoms with Gasteiger partial charge in [0.1, 0.15) is 5.60 Å².